The van der Waals surface area contributed by atoms with Crippen molar-refractivity contribution in [2.75, 3.05) is 10.6 Å². The highest BCUT2D eigenvalue weighted by molar-refractivity contribution is 5.99. The van der Waals surface area contributed by atoms with Gasteiger partial charge in [-0.1, -0.05) is 18.2 Å². The highest BCUT2D eigenvalue weighted by atomic mass is 16.2. The van der Waals surface area contributed by atoms with E-state index in [1.165, 1.54) is 11.3 Å². The van der Waals surface area contributed by atoms with Crippen LogP contribution in [0.2, 0.25) is 0 Å². The van der Waals surface area contributed by atoms with Gasteiger partial charge in [-0.3, -0.25) is 5.32 Å². The molecule has 0 bridgehead atoms. The number of hydrogen-bond donors (Lipinski definition) is 2. The monoisotopic (exact) mass is 347 g/mol. The number of nitrogens with zero attached hydrogens (tertiary/aromatic N) is 3. The molecule has 2 N–H and O–H groups in total. The number of pyridine rings is 1. The van der Waals surface area contributed by atoms with Crippen LogP contribution in [0.5, 0.6) is 0 Å². The number of aryl methyl sites for hydroxylation is 2. The van der Waals surface area contributed by atoms with Gasteiger partial charge in [-0.15, -0.1) is 0 Å². The average molecular weight is 347 g/mol. The number of fused-ring (bicyclic) bond motifs is 1. The largest absolute Gasteiger partial charge is 0.334 e. The normalized spacial score (nSPS) is 16.0. The summed E-state index contributed by atoms with van der Waals surface area (Å²) < 4.78 is 2.26. The van der Waals surface area contributed by atoms with Crippen molar-refractivity contribution in [3.05, 3.63) is 71.9 Å². The van der Waals surface area contributed by atoms with Crippen LogP contribution in [0.15, 0.2) is 55.0 Å². The van der Waals surface area contributed by atoms with Crippen molar-refractivity contribution in [3.8, 4) is 0 Å². The lowest BCUT2D eigenvalue weighted by Crippen LogP contribution is -2.20. The maximum Gasteiger partial charge on any atom is 0.324 e. The van der Waals surface area contributed by atoms with Crippen molar-refractivity contribution < 1.29 is 4.79 Å². The molecule has 6 nitrogen and oxygen atoms in total. The molecule has 6 heteroatoms. The number of anilines is 2. The van der Waals surface area contributed by atoms with Gasteiger partial charge in [0.25, 0.3) is 0 Å². The first-order valence-electron chi connectivity index (χ1n) is 8.81. The van der Waals surface area contributed by atoms with E-state index in [-0.39, 0.29) is 6.03 Å². The van der Waals surface area contributed by atoms with Gasteiger partial charge in [0, 0.05) is 30.0 Å². The Morgan fingerprint density at radius 2 is 1.96 bits per heavy atom. The molecular formula is C20H21N5O. The lowest BCUT2D eigenvalue weighted by atomic mass is 9.87. The first-order chi connectivity index (χ1) is 12.7. The van der Waals surface area contributed by atoms with Crippen molar-refractivity contribution in [1.82, 2.24) is 14.5 Å². The van der Waals surface area contributed by atoms with Gasteiger partial charge in [-0.2, -0.15) is 0 Å². The molecule has 0 saturated heterocycles. The zero-order valence-electron chi connectivity index (χ0n) is 14.6. The quantitative estimate of drug-likeness (QED) is 0.747. The maximum atomic E-state index is 12.1. The van der Waals surface area contributed by atoms with E-state index in [2.05, 4.69) is 44.2 Å². The van der Waals surface area contributed by atoms with Crippen molar-refractivity contribution in [3.63, 3.8) is 0 Å². The Kier molecular flexibility index (Phi) is 4.39. The Labute approximate surface area is 152 Å². The van der Waals surface area contributed by atoms with E-state index in [4.69, 9.17) is 0 Å². The number of benzene rings is 1. The summed E-state index contributed by atoms with van der Waals surface area (Å²) in [6.07, 6.45) is 5.86. The van der Waals surface area contributed by atoms with Gasteiger partial charge < -0.3 is 9.88 Å². The molecule has 132 valence electrons. The molecule has 0 saturated carbocycles. The number of aromatic nitrogens is 3. The Morgan fingerprint density at radius 3 is 2.73 bits per heavy atom. The van der Waals surface area contributed by atoms with Crippen LogP contribution in [-0.2, 0) is 6.54 Å². The molecule has 3 aromatic rings. The Balaban J connectivity index is 1.46. The van der Waals surface area contributed by atoms with Crippen LogP contribution in [0.1, 0.15) is 35.7 Å². The zero-order valence-corrected chi connectivity index (χ0v) is 14.6. The van der Waals surface area contributed by atoms with Crippen LogP contribution in [0.3, 0.4) is 0 Å². The summed E-state index contributed by atoms with van der Waals surface area (Å²) in [5.41, 5.74) is 4.42. The molecule has 4 rings (SSSR count). The fourth-order valence-corrected chi connectivity index (χ4v) is 3.56. The Morgan fingerprint density at radius 1 is 1.12 bits per heavy atom. The molecule has 1 aliphatic heterocycles. The fourth-order valence-electron chi connectivity index (χ4n) is 3.56. The van der Waals surface area contributed by atoms with E-state index in [0.29, 0.717) is 11.7 Å². The first-order valence-corrected chi connectivity index (χ1v) is 8.81. The van der Waals surface area contributed by atoms with Gasteiger partial charge in [-0.05, 0) is 49.6 Å². The van der Waals surface area contributed by atoms with E-state index >= 15 is 0 Å². The zero-order chi connectivity index (χ0) is 17.9. The molecule has 0 aliphatic carbocycles. The van der Waals surface area contributed by atoms with Gasteiger partial charge in [0.05, 0.1) is 12.0 Å². The van der Waals surface area contributed by atoms with Crippen molar-refractivity contribution in [2.24, 2.45) is 0 Å². The molecule has 1 aromatic carbocycles. The van der Waals surface area contributed by atoms with E-state index in [0.717, 1.165) is 30.8 Å². The third kappa shape index (κ3) is 3.31. The number of carbonyl (C=O) groups is 1. The van der Waals surface area contributed by atoms with Crippen LogP contribution >= 0.6 is 0 Å². The fraction of sp³-hybridized carbons (Fsp3) is 0.250. The predicted octanol–water partition coefficient (Wildman–Crippen LogP) is 4.16. The molecule has 0 spiro atoms. The average Bonchev–Trinajstić information content (AvgIpc) is 3.04. The number of hydrogen-bond acceptors (Lipinski definition) is 3. The number of amides is 2. The first kappa shape index (κ1) is 16.3. The molecule has 0 fully saturated rings. The molecular weight excluding hydrogens is 326 g/mol. The lowest BCUT2D eigenvalue weighted by molar-refractivity contribution is 0.262. The topological polar surface area (TPSA) is 71.8 Å². The standard InChI is InChI=1S/C20H21N5O/c1-14-19-17(5-4-12-25(19)13-22-14)15-7-9-16(10-8-15)23-20(26)24-18-6-2-3-11-21-18/h2-3,6-11,13,17H,4-5,12H2,1H3,(H2,21,23,24,26)/t17-/m1/s1. The third-order valence-corrected chi connectivity index (χ3v) is 4.77. The van der Waals surface area contributed by atoms with Gasteiger partial charge >= 0.3 is 6.03 Å². The van der Waals surface area contributed by atoms with Crippen LogP contribution in [0.4, 0.5) is 16.3 Å². The van der Waals surface area contributed by atoms with E-state index in [1.807, 2.05) is 24.5 Å². The number of urea groups is 1. The van der Waals surface area contributed by atoms with Gasteiger partial charge in [0.1, 0.15) is 5.82 Å². The molecule has 1 aliphatic rings. The minimum atomic E-state index is -0.303. The smallest absolute Gasteiger partial charge is 0.324 e. The molecule has 1 atom stereocenters. The minimum Gasteiger partial charge on any atom is -0.334 e. The summed E-state index contributed by atoms with van der Waals surface area (Å²) >= 11 is 0. The summed E-state index contributed by atoms with van der Waals surface area (Å²) in [5.74, 6) is 0.884. The second-order valence-corrected chi connectivity index (χ2v) is 6.52. The summed E-state index contributed by atoms with van der Waals surface area (Å²) in [5, 5.41) is 5.55. The van der Waals surface area contributed by atoms with Crippen molar-refractivity contribution >= 4 is 17.5 Å². The molecule has 2 aromatic heterocycles. The highest BCUT2D eigenvalue weighted by Gasteiger charge is 2.24. The summed E-state index contributed by atoms with van der Waals surface area (Å²) in [4.78, 5) is 20.6. The maximum absolute atomic E-state index is 12.1. The third-order valence-electron chi connectivity index (χ3n) is 4.77. The summed E-state index contributed by atoms with van der Waals surface area (Å²) in [6.45, 7) is 3.11. The van der Waals surface area contributed by atoms with E-state index in [9.17, 15) is 4.79 Å². The molecule has 3 heterocycles. The van der Waals surface area contributed by atoms with Crippen LogP contribution < -0.4 is 10.6 Å². The second-order valence-electron chi connectivity index (χ2n) is 6.52. The van der Waals surface area contributed by atoms with Crippen molar-refractivity contribution in [2.45, 2.75) is 32.2 Å². The molecule has 2 amide bonds. The number of imidazole rings is 1. The van der Waals surface area contributed by atoms with E-state index < -0.39 is 0 Å². The molecule has 0 unspecified atom stereocenters. The lowest BCUT2D eigenvalue weighted by Gasteiger charge is -2.25. The second kappa shape index (κ2) is 7.00. The highest BCUT2D eigenvalue weighted by Crippen LogP contribution is 2.35. The van der Waals surface area contributed by atoms with Crippen molar-refractivity contribution in [1.29, 1.82) is 0 Å². The Hall–Kier alpha value is -3.15. The van der Waals surface area contributed by atoms with Gasteiger partial charge in [0.2, 0.25) is 0 Å². The number of carbonyl (C=O) groups excluding carboxylic acids is 1. The molecule has 0 radical (unpaired) electrons. The Bertz CT molecular complexity index is 902. The number of rotatable bonds is 3. The molecule has 26 heavy (non-hydrogen) atoms. The van der Waals surface area contributed by atoms with E-state index in [1.54, 1.807) is 18.3 Å². The van der Waals surface area contributed by atoms with Crippen LogP contribution in [-0.4, -0.2) is 20.6 Å². The van der Waals surface area contributed by atoms with Gasteiger partial charge in [-0.25, -0.2) is 14.8 Å². The SMILES string of the molecule is Cc1ncn2c1[C@@H](c1ccc(NC(=O)Nc3ccccn3)cc1)CCC2. The van der Waals surface area contributed by atoms with Crippen LogP contribution in [0.25, 0.3) is 0 Å². The summed E-state index contributed by atoms with van der Waals surface area (Å²) in [6, 6.07) is 13.1. The minimum absolute atomic E-state index is 0.303. The van der Waals surface area contributed by atoms with Crippen LogP contribution in [0, 0.1) is 6.92 Å². The van der Waals surface area contributed by atoms with Gasteiger partial charge in [0.15, 0.2) is 0 Å². The summed E-state index contributed by atoms with van der Waals surface area (Å²) in [7, 11) is 0. The predicted molar refractivity (Wildman–Crippen MR) is 101 cm³/mol. The number of nitrogens with one attached hydrogen (secondary N) is 2.